The fourth-order valence-corrected chi connectivity index (χ4v) is 1.53. The molecule has 20 heavy (non-hydrogen) atoms. The largest absolute Gasteiger partial charge is 0.522 e. The highest BCUT2D eigenvalue weighted by Gasteiger charge is 2.44. The van der Waals surface area contributed by atoms with Gasteiger partial charge in [-0.25, -0.2) is 0 Å². The lowest BCUT2D eigenvalue weighted by Gasteiger charge is -2.08. The first kappa shape index (κ1) is 21.9. The molecule has 0 saturated carbocycles. The zero-order valence-electron chi connectivity index (χ0n) is 12.1. The molecule has 3 N–H and O–H groups in total. The van der Waals surface area contributed by atoms with Crippen molar-refractivity contribution in [2.75, 3.05) is 6.54 Å². The molecule has 0 saturated heterocycles. The molecule has 0 spiro atoms. The van der Waals surface area contributed by atoms with Crippen molar-refractivity contribution in [3.8, 4) is 0 Å². The Kier molecular flexibility index (Phi) is 12.4. The van der Waals surface area contributed by atoms with E-state index in [1.807, 2.05) is 0 Å². The highest BCUT2D eigenvalue weighted by Crippen LogP contribution is 2.20. The van der Waals surface area contributed by atoms with E-state index in [0.717, 1.165) is 12.5 Å². The summed E-state index contributed by atoms with van der Waals surface area (Å²) in [5.74, 6) is 0.844. The van der Waals surface area contributed by atoms with Crippen LogP contribution in [-0.4, -0.2) is 25.0 Å². The third-order valence-corrected chi connectivity index (χ3v) is 3.34. The molecule has 0 aromatic carbocycles. The van der Waals surface area contributed by atoms with Gasteiger partial charge in [-0.3, -0.25) is 4.55 Å². The minimum absolute atomic E-state index is 0.844. The van der Waals surface area contributed by atoms with Crippen LogP contribution in [0.15, 0.2) is 0 Å². The van der Waals surface area contributed by atoms with Crippen molar-refractivity contribution in [2.45, 2.75) is 64.3 Å². The molecule has 0 heterocycles. The quantitative estimate of drug-likeness (QED) is 0.405. The molecular formula is C12H26F3NO3S. The van der Waals surface area contributed by atoms with Gasteiger partial charge < -0.3 is 5.73 Å². The summed E-state index contributed by atoms with van der Waals surface area (Å²) in [5.41, 5.74) is -0.0534. The second kappa shape index (κ2) is 11.3. The predicted molar refractivity (Wildman–Crippen MR) is 73.8 cm³/mol. The molecule has 0 aromatic heterocycles. The highest BCUT2D eigenvalue weighted by atomic mass is 32.2. The van der Waals surface area contributed by atoms with Gasteiger partial charge in [0.15, 0.2) is 0 Å². The van der Waals surface area contributed by atoms with Crippen LogP contribution >= 0.6 is 0 Å². The lowest BCUT2D eigenvalue weighted by Crippen LogP contribution is -2.21. The maximum Gasteiger partial charge on any atom is 0.522 e. The fourth-order valence-electron chi connectivity index (χ4n) is 1.53. The predicted octanol–water partition coefficient (Wildman–Crippen LogP) is 3.73. The minimum Gasteiger partial charge on any atom is -0.330 e. The monoisotopic (exact) mass is 321 g/mol. The molecule has 0 fully saturated rings. The summed E-state index contributed by atoms with van der Waals surface area (Å²) in [4.78, 5) is 0. The number of alkyl halides is 3. The first-order chi connectivity index (χ1) is 9.06. The molecule has 0 radical (unpaired) electrons. The first-order valence-corrected chi connectivity index (χ1v) is 8.24. The second-order valence-corrected chi connectivity index (χ2v) is 6.22. The molecule has 124 valence electrons. The fraction of sp³-hybridized carbons (Fsp3) is 1.00. The molecule has 0 aliphatic rings. The third-order valence-electron chi connectivity index (χ3n) is 2.75. The maximum atomic E-state index is 10.7. The molecule has 1 atom stereocenters. The van der Waals surface area contributed by atoms with Crippen LogP contribution in [-0.2, 0) is 10.1 Å². The topological polar surface area (TPSA) is 80.4 Å². The zero-order valence-corrected chi connectivity index (χ0v) is 12.9. The van der Waals surface area contributed by atoms with Crippen molar-refractivity contribution >= 4 is 10.1 Å². The summed E-state index contributed by atoms with van der Waals surface area (Å²) in [7, 11) is -5.84. The van der Waals surface area contributed by atoms with Crippen molar-refractivity contribution in [1.29, 1.82) is 0 Å². The Balaban J connectivity index is 0. The van der Waals surface area contributed by atoms with Crippen molar-refractivity contribution in [3.05, 3.63) is 0 Å². The van der Waals surface area contributed by atoms with E-state index in [9.17, 15) is 13.2 Å². The van der Waals surface area contributed by atoms with E-state index in [0.29, 0.717) is 0 Å². The average molecular weight is 321 g/mol. The van der Waals surface area contributed by atoms with Crippen LogP contribution < -0.4 is 5.73 Å². The van der Waals surface area contributed by atoms with Crippen LogP contribution in [0.3, 0.4) is 0 Å². The molecule has 0 aliphatic carbocycles. The maximum absolute atomic E-state index is 10.7. The van der Waals surface area contributed by atoms with Crippen LogP contribution in [0.25, 0.3) is 0 Å². The van der Waals surface area contributed by atoms with Gasteiger partial charge in [-0.05, 0) is 18.9 Å². The van der Waals surface area contributed by atoms with Crippen LogP contribution in [0.5, 0.6) is 0 Å². The highest BCUT2D eigenvalue weighted by molar-refractivity contribution is 7.86. The summed E-state index contributed by atoms with van der Waals surface area (Å²) in [6.07, 6.45) is 9.58. The van der Waals surface area contributed by atoms with Crippen LogP contribution in [0.2, 0.25) is 0 Å². The lowest BCUT2D eigenvalue weighted by atomic mass is 9.99. The summed E-state index contributed by atoms with van der Waals surface area (Å²) in [5, 5.41) is 0. The Morgan fingerprint density at radius 3 is 1.90 bits per heavy atom. The second-order valence-electron chi connectivity index (χ2n) is 4.81. The molecule has 0 rings (SSSR count). The molecule has 4 nitrogen and oxygen atoms in total. The summed E-state index contributed by atoms with van der Waals surface area (Å²) in [6, 6.07) is 0. The van der Waals surface area contributed by atoms with Crippen molar-refractivity contribution in [3.63, 3.8) is 0 Å². The number of halogens is 3. The van der Waals surface area contributed by atoms with Gasteiger partial charge in [0.25, 0.3) is 0 Å². The Hall–Kier alpha value is -0.340. The summed E-state index contributed by atoms with van der Waals surface area (Å²) >= 11 is 0. The van der Waals surface area contributed by atoms with E-state index < -0.39 is 15.6 Å². The van der Waals surface area contributed by atoms with Crippen LogP contribution in [0.1, 0.15) is 58.8 Å². The molecular weight excluding hydrogens is 295 g/mol. The van der Waals surface area contributed by atoms with Gasteiger partial charge in [-0.2, -0.15) is 21.6 Å². The Bertz CT molecular complexity index is 318. The van der Waals surface area contributed by atoms with Gasteiger partial charge in [0.05, 0.1) is 0 Å². The molecule has 0 aromatic rings. The van der Waals surface area contributed by atoms with Crippen LogP contribution in [0, 0.1) is 5.92 Å². The SMILES string of the molecule is CCCCCCCC(C)CCN.O=S(=O)(O)C(F)(F)F. The smallest absolute Gasteiger partial charge is 0.330 e. The summed E-state index contributed by atoms with van der Waals surface area (Å²) in [6.45, 7) is 5.43. The number of unbranched alkanes of at least 4 members (excludes halogenated alkanes) is 4. The molecule has 8 heteroatoms. The van der Waals surface area contributed by atoms with Gasteiger partial charge in [0.2, 0.25) is 0 Å². The normalized spacial score (nSPS) is 13.6. The van der Waals surface area contributed by atoms with E-state index >= 15 is 0 Å². The van der Waals surface area contributed by atoms with E-state index in [1.165, 1.54) is 44.9 Å². The van der Waals surface area contributed by atoms with Crippen LogP contribution in [0.4, 0.5) is 13.2 Å². The van der Waals surface area contributed by atoms with Crippen molar-refractivity contribution in [2.24, 2.45) is 11.7 Å². The van der Waals surface area contributed by atoms with E-state index in [-0.39, 0.29) is 0 Å². The van der Waals surface area contributed by atoms with Gasteiger partial charge in [0.1, 0.15) is 0 Å². The molecule has 1 unspecified atom stereocenters. The van der Waals surface area contributed by atoms with Crippen molar-refractivity contribution in [1.82, 2.24) is 0 Å². The van der Waals surface area contributed by atoms with Gasteiger partial charge >= 0.3 is 15.6 Å². The molecule has 0 amide bonds. The number of hydrogen-bond donors (Lipinski definition) is 2. The van der Waals surface area contributed by atoms with E-state index in [1.54, 1.807) is 0 Å². The van der Waals surface area contributed by atoms with Gasteiger partial charge in [-0.15, -0.1) is 0 Å². The number of nitrogens with two attached hydrogens (primary N) is 1. The zero-order chi connectivity index (χ0) is 16.2. The Labute approximate surface area is 119 Å². The third kappa shape index (κ3) is 14.1. The number of rotatable bonds is 8. The van der Waals surface area contributed by atoms with Crippen molar-refractivity contribution < 1.29 is 26.1 Å². The standard InChI is InChI=1S/C11H25N.CHF3O3S/c1-3-4-5-6-7-8-11(2)9-10-12;2-1(3,4)8(5,6)7/h11H,3-10,12H2,1-2H3;(H,5,6,7). The van der Waals surface area contributed by atoms with Gasteiger partial charge in [0, 0.05) is 0 Å². The summed E-state index contributed by atoms with van der Waals surface area (Å²) < 4.78 is 57.5. The Morgan fingerprint density at radius 1 is 1.10 bits per heavy atom. The molecule has 0 bridgehead atoms. The lowest BCUT2D eigenvalue weighted by molar-refractivity contribution is -0.0510. The molecule has 0 aliphatic heterocycles. The Morgan fingerprint density at radius 2 is 1.55 bits per heavy atom. The first-order valence-electron chi connectivity index (χ1n) is 6.80. The van der Waals surface area contributed by atoms with Gasteiger partial charge in [-0.1, -0.05) is 52.4 Å². The van der Waals surface area contributed by atoms with E-state index in [4.69, 9.17) is 18.7 Å². The average Bonchev–Trinajstić information content (AvgIpc) is 2.27. The van der Waals surface area contributed by atoms with E-state index in [2.05, 4.69) is 13.8 Å². The minimum atomic E-state index is -5.84. The number of hydrogen-bond acceptors (Lipinski definition) is 3.